The minimum Gasteiger partial charge on any atom is -0.311 e. The van der Waals surface area contributed by atoms with E-state index >= 15 is 0 Å². The first-order valence-corrected chi connectivity index (χ1v) is 7.03. The number of hydrogen-bond donors (Lipinski definition) is 1. The van der Waals surface area contributed by atoms with E-state index in [-0.39, 0.29) is 10.2 Å². The lowest BCUT2D eigenvalue weighted by atomic mass is 10.2. The lowest BCUT2D eigenvalue weighted by molar-refractivity contribution is 0.548. The van der Waals surface area contributed by atoms with Crippen LogP contribution < -0.4 is 5.32 Å². The summed E-state index contributed by atoms with van der Waals surface area (Å²) in [6.07, 6.45) is 1.62. The van der Waals surface area contributed by atoms with Crippen molar-refractivity contribution in [1.29, 1.82) is 0 Å². The smallest absolute Gasteiger partial charge is 0.151 e. The number of halogens is 3. The number of rotatable bonds is 5. The lowest BCUT2D eigenvalue weighted by Crippen LogP contribution is -2.19. The molecule has 7 heteroatoms. The van der Waals surface area contributed by atoms with Gasteiger partial charge in [0.2, 0.25) is 0 Å². The molecule has 20 heavy (non-hydrogen) atoms. The third kappa shape index (κ3) is 3.61. The minimum atomic E-state index is -0.683. The summed E-state index contributed by atoms with van der Waals surface area (Å²) in [5.74, 6) is -0.793. The van der Waals surface area contributed by atoms with Crippen molar-refractivity contribution in [3.05, 3.63) is 40.1 Å². The van der Waals surface area contributed by atoms with Gasteiger partial charge in [0.15, 0.2) is 5.82 Å². The van der Waals surface area contributed by atoms with Gasteiger partial charge in [-0.1, -0.05) is 19.1 Å². The summed E-state index contributed by atoms with van der Waals surface area (Å²) in [7, 11) is 0. The molecule has 0 radical (unpaired) electrons. The Hall–Kier alpha value is -1.34. The maximum absolute atomic E-state index is 13.7. The van der Waals surface area contributed by atoms with Gasteiger partial charge in [0, 0.05) is 12.6 Å². The quantitative estimate of drug-likeness (QED) is 0.847. The van der Waals surface area contributed by atoms with Gasteiger partial charge in [-0.05, 0) is 34.5 Å². The standard InChI is InChI=1S/C13H15BrF2N4/c1-8(2)5-17-6-9-7-20(19-18-9)13-3-10(14)11(15)4-12(13)16/h3-4,7-8,17H,5-6H2,1-2H3. The van der Waals surface area contributed by atoms with Gasteiger partial charge in [0.1, 0.15) is 11.5 Å². The molecule has 0 unspecified atom stereocenters. The summed E-state index contributed by atoms with van der Waals surface area (Å²) in [6.45, 7) is 5.63. The summed E-state index contributed by atoms with van der Waals surface area (Å²) in [6, 6.07) is 2.16. The molecule has 0 aliphatic carbocycles. The summed E-state index contributed by atoms with van der Waals surface area (Å²) in [5, 5.41) is 11.0. The van der Waals surface area contributed by atoms with Gasteiger partial charge < -0.3 is 5.32 Å². The van der Waals surface area contributed by atoms with Gasteiger partial charge in [0.05, 0.1) is 16.4 Å². The van der Waals surface area contributed by atoms with Crippen LogP contribution in [0.5, 0.6) is 0 Å². The highest BCUT2D eigenvalue weighted by Crippen LogP contribution is 2.22. The monoisotopic (exact) mass is 344 g/mol. The molecule has 1 N–H and O–H groups in total. The summed E-state index contributed by atoms with van der Waals surface area (Å²) < 4.78 is 28.4. The number of nitrogens with zero attached hydrogens (tertiary/aromatic N) is 3. The molecular weight excluding hydrogens is 330 g/mol. The fourth-order valence-electron chi connectivity index (χ4n) is 1.67. The first-order valence-electron chi connectivity index (χ1n) is 6.24. The highest BCUT2D eigenvalue weighted by Gasteiger charge is 2.12. The molecule has 1 aromatic carbocycles. The van der Waals surface area contributed by atoms with Gasteiger partial charge in [-0.3, -0.25) is 0 Å². The number of nitrogens with one attached hydrogen (secondary N) is 1. The van der Waals surface area contributed by atoms with E-state index in [0.717, 1.165) is 12.6 Å². The second kappa shape index (κ2) is 6.41. The topological polar surface area (TPSA) is 42.7 Å². The highest BCUT2D eigenvalue weighted by atomic mass is 79.9. The average molecular weight is 345 g/mol. The predicted molar refractivity (Wildman–Crippen MR) is 75.5 cm³/mol. The number of aromatic nitrogens is 3. The van der Waals surface area contributed by atoms with E-state index in [1.54, 1.807) is 6.20 Å². The van der Waals surface area contributed by atoms with Gasteiger partial charge >= 0.3 is 0 Å². The molecule has 0 saturated carbocycles. The van der Waals surface area contributed by atoms with Crippen LogP contribution in [0.3, 0.4) is 0 Å². The maximum atomic E-state index is 13.7. The fourth-order valence-corrected chi connectivity index (χ4v) is 2.00. The van der Waals surface area contributed by atoms with Crippen molar-refractivity contribution in [1.82, 2.24) is 20.3 Å². The van der Waals surface area contributed by atoms with Crippen molar-refractivity contribution in [2.45, 2.75) is 20.4 Å². The first kappa shape index (κ1) is 15.1. The first-order chi connectivity index (χ1) is 9.47. The Kier molecular flexibility index (Phi) is 4.82. The SMILES string of the molecule is CC(C)CNCc1cn(-c2cc(Br)c(F)cc2F)nn1. The van der Waals surface area contributed by atoms with Gasteiger partial charge in [-0.25, -0.2) is 13.5 Å². The molecule has 0 atom stereocenters. The molecular formula is C13H15BrF2N4. The average Bonchev–Trinajstić information content (AvgIpc) is 2.82. The van der Waals surface area contributed by atoms with Crippen molar-refractivity contribution >= 4 is 15.9 Å². The molecule has 2 aromatic rings. The Morgan fingerprint density at radius 2 is 2.05 bits per heavy atom. The Morgan fingerprint density at radius 3 is 2.75 bits per heavy atom. The normalized spacial score (nSPS) is 11.3. The molecule has 0 aliphatic rings. The molecule has 0 spiro atoms. The molecule has 0 aliphatic heterocycles. The second-order valence-electron chi connectivity index (χ2n) is 4.90. The molecule has 1 aromatic heterocycles. The zero-order valence-electron chi connectivity index (χ0n) is 11.2. The number of hydrogen-bond acceptors (Lipinski definition) is 3. The zero-order valence-corrected chi connectivity index (χ0v) is 12.8. The van der Waals surface area contributed by atoms with Crippen molar-refractivity contribution in [2.24, 2.45) is 5.92 Å². The third-order valence-corrected chi connectivity index (χ3v) is 3.24. The van der Waals surface area contributed by atoms with E-state index in [0.29, 0.717) is 18.2 Å². The van der Waals surface area contributed by atoms with Crippen LogP contribution in [0.25, 0.3) is 5.69 Å². The van der Waals surface area contributed by atoms with E-state index in [4.69, 9.17) is 0 Å². The second-order valence-corrected chi connectivity index (χ2v) is 5.75. The highest BCUT2D eigenvalue weighted by molar-refractivity contribution is 9.10. The van der Waals surface area contributed by atoms with Crippen LogP contribution in [0.1, 0.15) is 19.5 Å². The Balaban J connectivity index is 2.14. The van der Waals surface area contributed by atoms with Crippen molar-refractivity contribution in [2.75, 3.05) is 6.54 Å². The summed E-state index contributed by atoms with van der Waals surface area (Å²) in [5.41, 5.74) is 0.853. The molecule has 2 rings (SSSR count). The largest absolute Gasteiger partial charge is 0.311 e. The van der Waals surface area contributed by atoms with E-state index in [2.05, 4.69) is 45.4 Å². The predicted octanol–water partition coefficient (Wildman–Crippen LogP) is 3.05. The van der Waals surface area contributed by atoms with Crippen molar-refractivity contribution in [3.8, 4) is 5.69 Å². The van der Waals surface area contributed by atoms with Crippen LogP contribution in [0.4, 0.5) is 8.78 Å². The van der Waals surface area contributed by atoms with Crippen molar-refractivity contribution in [3.63, 3.8) is 0 Å². The molecule has 0 fully saturated rings. The van der Waals surface area contributed by atoms with Crippen LogP contribution in [0, 0.1) is 17.6 Å². The summed E-state index contributed by atoms with van der Waals surface area (Å²) >= 11 is 3.03. The molecule has 0 saturated heterocycles. The van der Waals surface area contributed by atoms with Crippen LogP contribution in [-0.2, 0) is 6.54 Å². The molecule has 0 bridgehead atoms. The third-order valence-electron chi connectivity index (χ3n) is 2.64. The van der Waals surface area contributed by atoms with Gasteiger partial charge in [0.25, 0.3) is 0 Å². The molecule has 108 valence electrons. The van der Waals surface area contributed by atoms with E-state index in [1.165, 1.54) is 10.7 Å². The lowest BCUT2D eigenvalue weighted by Gasteiger charge is -2.05. The van der Waals surface area contributed by atoms with E-state index in [9.17, 15) is 8.78 Å². The minimum absolute atomic E-state index is 0.154. The van der Waals surface area contributed by atoms with Gasteiger partial charge in [-0.2, -0.15) is 0 Å². The van der Waals surface area contributed by atoms with Gasteiger partial charge in [-0.15, -0.1) is 5.10 Å². The number of benzene rings is 1. The summed E-state index contributed by atoms with van der Waals surface area (Å²) in [4.78, 5) is 0. The van der Waals surface area contributed by atoms with E-state index in [1.807, 2.05) is 0 Å². The molecule has 4 nitrogen and oxygen atoms in total. The fraction of sp³-hybridized carbons (Fsp3) is 0.385. The van der Waals surface area contributed by atoms with Crippen LogP contribution >= 0.6 is 15.9 Å². The van der Waals surface area contributed by atoms with Crippen LogP contribution in [0.2, 0.25) is 0 Å². The Labute approximate surface area is 124 Å². The Bertz CT molecular complexity index is 598. The van der Waals surface area contributed by atoms with Crippen LogP contribution in [0.15, 0.2) is 22.8 Å². The molecule has 1 heterocycles. The van der Waals surface area contributed by atoms with Crippen molar-refractivity contribution < 1.29 is 8.78 Å². The zero-order chi connectivity index (χ0) is 14.7. The Morgan fingerprint density at radius 1 is 1.30 bits per heavy atom. The maximum Gasteiger partial charge on any atom is 0.151 e. The van der Waals surface area contributed by atoms with Crippen LogP contribution in [-0.4, -0.2) is 21.5 Å². The molecule has 0 amide bonds. The van der Waals surface area contributed by atoms with E-state index < -0.39 is 11.6 Å².